The van der Waals surface area contributed by atoms with Crippen LogP contribution in [0.25, 0.3) is 21.7 Å². The Bertz CT molecular complexity index is 1060. The molecule has 0 fully saturated rings. The van der Waals surface area contributed by atoms with Crippen LogP contribution >= 0.6 is 0 Å². The molecule has 1 unspecified atom stereocenters. The van der Waals surface area contributed by atoms with E-state index in [1.807, 2.05) is 19.9 Å². The van der Waals surface area contributed by atoms with E-state index in [1.165, 1.54) is 18.2 Å². The SMILES string of the molecule is CCCCn1c(=O)c2ccc(C)cc2c2cc(C(C)(O)C(F)(F)F)ccc21. The lowest BCUT2D eigenvalue weighted by Crippen LogP contribution is -2.39. The fourth-order valence-corrected chi connectivity index (χ4v) is 3.31. The first-order valence-corrected chi connectivity index (χ1v) is 8.94. The average Bonchev–Trinajstić information content (AvgIpc) is 2.60. The molecule has 0 saturated heterocycles. The predicted molar refractivity (Wildman–Crippen MR) is 101 cm³/mol. The lowest BCUT2D eigenvalue weighted by Gasteiger charge is -2.27. The zero-order valence-electron chi connectivity index (χ0n) is 15.5. The number of halogens is 3. The second-order valence-corrected chi connectivity index (χ2v) is 7.16. The topological polar surface area (TPSA) is 42.2 Å². The van der Waals surface area contributed by atoms with Crippen LogP contribution in [-0.4, -0.2) is 15.8 Å². The lowest BCUT2D eigenvalue weighted by atomic mass is 9.92. The number of hydrogen-bond acceptors (Lipinski definition) is 2. The van der Waals surface area contributed by atoms with E-state index in [4.69, 9.17) is 0 Å². The zero-order valence-corrected chi connectivity index (χ0v) is 15.5. The summed E-state index contributed by atoms with van der Waals surface area (Å²) in [6.07, 6.45) is -3.13. The van der Waals surface area contributed by atoms with Gasteiger partial charge in [-0.25, -0.2) is 0 Å². The molecule has 0 aliphatic rings. The summed E-state index contributed by atoms with van der Waals surface area (Å²) >= 11 is 0. The molecule has 0 aliphatic heterocycles. The van der Waals surface area contributed by atoms with E-state index in [0.717, 1.165) is 25.3 Å². The Morgan fingerprint density at radius 1 is 1.04 bits per heavy atom. The van der Waals surface area contributed by atoms with E-state index in [1.54, 1.807) is 16.7 Å². The molecule has 0 radical (unpaired) electrons. The highest BCUT2D eigenvalue weighted by atomic mass is 19.4. The van der Waals surface area contributed by atoms with Gasteiger partial charge in [0, 0.05) is 17.3 Å². The normalized spacial score (nSPS) is 14.6. The second kappa shape index (κ2) is 6.68. The predicted octanol–water partition coefficient (Wildman–Crippen LogP) is 5.03. The molecule has 2 aromatic carbocycles. The number of rotatable bonds is 4. The molecule has 0 bridgehead atoms. The van der Waals surface area contributed by atoms with Gasteiger partial charge in [-0.2, -0.15) is 13.2 Å². The molecule has 27 heavy (non-hydrogen) atoms. The van der Waals surface area contributed by atoms with E-state index in [-0.39, 0.29) is 11.1 Å². The average molecular weight is 377 g/mol. The van der Waals surface area contributed by atoms with Crippen molar-refractivity contribution in [2.45, 2.75) is 51.9 Å². The largest absolute Gasteiger partial charge is 0.421 e. The van der Waals surface area contributed by atoms with Crippen molar-refractivity contribution in [1.82, 2.24) is 4.57 Å². The van der Waals surface area contributed by atoms with Crippen molar-refractivity contribution in [2.75, 3.05) is 0 Å². The minimum atomic E-state index is -4.80. The number of nitrogens with zero attached hydrogens (tertiary/aromatic N) is 1. The van der Waals surface area contributed by atoms with Gasteiger partial charge in [0.15, 0.2) is 5.60 Å². The van der Waals surface area contributed by atoms with Crippen LogP contribution < -0.4 is 5.56 Å². The summed E-state index contributed by atoms with van der Waals surface area (Å²) in [6, 6.07) is 9.43. The van der Waals surface area contributed by atoms with Gasteiger partial charge in [-0.1, -0.05) is 37.1 Å². The van der Waals surface area contributed by atoms with Crippen LogP contribution in [0.5, 0.6) is 0 Å². The van der Waals surface area contributed by atoms with Crippen LogP contribution in [0.3, 0.4) is 0 Å². The maximum atomic E-state index is 13.3. The molecule has 0 aliphatic carbocycles. The summed E-state index contributed by atoms with van der Waals surface area (Å²) in [5.41, 5.74) is -1.88. The maximum absolute atomic E-state index is 13.3. The van der Waals surface area contributed by atoms with Crippen molar-refractivity contribution in [1.29, 1.82) is 0 Å². The van der Waals surface area contributed by atoms with Gasteiger partial charge < -0.3 is 9.67 Å². The van der Waals surface area contributed by atoms with Gasteiger partial charge in [0.05, 0.1) is 5.52 Å². The maximum Gasteiger partial charge on any atom is 0.421 e. The molecule has 1 N–H and O–H groups in total. The summed E-state index contributed by atoms with van der Waals surface area (Å²) in [7, 11) is 0. The Hall–Kier alpha value is -2.34. The van der Waals surface area contributed by atoms with Crippen molar-refractivity contribution in [3.8, 4) is 0 Å². The Morgan fingerprint density at radius 3 is 2.37 bits per heavy atom. The van der Waals surface area contributed by atoms with E-state index in [9.17, 15) is 23.1 Å². The molecule has 1 heterocycles. The van der Waals surface area contributed by atoms with E-state index in [0.29, 0.717) is 28.2 Å². The fourth-order valence-electron chi connectivity index (χ4n) is 3.31. The van der Waals surface area contributed by atoms with Crippen molar-refractivity contribution >= 4 is 21.7 Å². The summed E-state index contributed by atoms with van der Waals surface area (Å²) in [5, 5.41) is 11.7. The summed E-state index contributed by atoms with van der Waals surface area (Å²) in [5.74, 6) is 0. The molecule has 6 heteroatoms. The number of fused-ring (bicyclic) bond motifs is 3. The summed E-state index contributed by atoms with van der Waals surface area (Å²) in [4.78, 5) is 12.9. The van der Waals surface area contributed by atoms with Crippen LogP contribution in [0.1, 0.15) is 37.8 Å². The Kier molecular flexibility index (Phi) is 4.80. The molecule has 3 aromatic rings. The molecule has 3 rings (SSSR count). The first kappa shape index (κ1) is 19.4. The van der Waals surface area contributed by atoms with E-state index < -0.39 is 11.8 Å². The van der Waals surface area contributed by atoms with Gasteiger partial charge in [-0.3, -0.25) is 4.79 Å². The third kappa shape index (κ3) is 3.23. The highest BCUT2D eigenvalue weighted by Crippen LogP contribution is 2.40. The highest BCUT2D eigenvalue weighted by Gasteiger charge is 2.51. The summed E-state index contributed by atoms with van der Waals surface area (Å²) < 4.78 is 41.5. The molecule has 0 amide bonds. The quantitative estimate of drug-likeness (QED) is 0.648. The van der Waals surface area contributed by atoms with Crippen molar-refractivity contribution in [3.05, 3.63) is 57.9 Å². The van der Waals surface area contributed by atoms with Gasteiger partial charge in [0.1, 0.15) is 0 Å². The fraction of sp³-hybridized carbons (Fsp3) is 0.381. The molecular weight excluding hydrogens is 355 g/mol. The second-order valence-electron chi connectivity index (χ2n) is 7.16. The van der Waals surface area contributed by atoms with Crippen molar-refractivity contribution in [2.24, 2.45) is 0 Å². The number of hydrogen-bond donors (Lipinski definition) is 1. The van der Waals surface area contributed by atoms with Gasteiger partial charge in [-0.15, -0.1) is 0 Å². The Balaban J connectivity index is 2.41. The molecule has 3 nitrogen and oxygen atoms in total. The van der Waals surface area contributed by atoms with Crippen LogP contribution in [0.4, 0.5) is 13.2 Å². The van der Waals surface area contributed by atoms with Crippen LogP contribution in [-0.2, 0) is 12.1 Å². The number of aromatic nitrogens is 1. The third-order valence-corrected chi connectivity index (χ3v) is 5.08. The standard InChI is InChI=1S/C21H22F3NO2/c1-4-5-10-25-18-9-7-14(20(3,27)21(22,23)24)12-17(18)16-11-13(2)6-8-15(16)19(25)26/h6-9,11-12,27H,4-5,10H2,1-3H3. The first-order valence-electron chi connectivity index (χ1n) is 8.94. The van der Waals surface area contributed by atoms with Gasteiger partial charge >= 0.3 is 6.18 Å². The molecular formula is C21H22F3NO2. The van der Waals surface area contributed by atoms with Crippen LogP contribution in [0.15, 0.2) is 41.2 Å². The smallest absolute Gasteiger partial charge is 0.376 e. The molecule has 1 aromatic heterocycles. The molecule has 0 spiro atoms. The van der Waals surface area contributed by atoms with Gasteiger partial charge in [0.25, 0.3) is 5.56 Å². The minimum Gasteiger partial charge on any atom is -0.376 e. The monoisotopic (exact) mass is 377 g/mol. The van der Waals surface area contributed by atoms with E-state index in [2.05, 4.69) is 0 Å². The Morgan fingerprint density at radius 2 is 1.74 bits per heavy atom. The number of aliphatic hydroxyl groups is 1. The molecule has 1 atom stereocenters. The minimum absolute atomic E-state index is 0.152. The molecule has 0 saturated carbocycles. The van der Waals surface area contributed by atoms with E-state index >= 15 is 0 Å². The Labute approximate surface area is 155 Å². The summed E-state index contributed by atoms with van der Waals surface area (Å²) in [6.45, 7) is 5.11. The van der Waals surface area contributed by atoms with Crippen LogP contribution in [0.2, 0.25) is 0 Å². The van der Waals surface area contributed by atoms with Gasteiger partial charge in [-0.05, 0) is 49.4 Å². The number of unbranched alkanes of at least 4 members (excludes halogenated alkanes) is 1. The third-order valence-electron chi connectivity index (χ3n) is 5.08. The number of aryl methyl sites for hydroxylation is 2. The lowest BCUT2D eigenvalue weighted by molar-refractivity contribution is -0.258. The highest BCUT2D eigenvalue weighted by molar-refractivity contribution is 6.06. The molecule has 144 valence electrons. The van der Waals surface area contributed by atoms with Gasteiger partial charge in [0.2, 0.25) is 0 Å². The van der Waals surface area contributed by atoms with Crippen molar-refractivity contribution in [3.63, 3.8) is 0 Å². The van der Waals surface area contributed by atoms with Crippen LogP contribution in [0, 0.1) is 6.92 Å². The first-order chi connectivity index (χ1) is 12.6. The number of alkyl halides is 3. The number of benzene rings is 2. The number of pyridine rings is 1. The zero-order chi connectivity index (χ0) is 20.0. The van der Waals surface area contributed by atoms with Crippen molar-refractivity contribution < 1.29 is 18.3 Å².